The molecule has 104 valence electrons. The van der Waals surface area contributed by atoms with Crippen LogP contribution < -0.4 is 11.1 Å². The van der Waals surface area contributed by atoms with Crippen molar-refractivity contribution in [1.29, 1.82) is 0 Å². The second kappa shape index (κ2) is 6.39. The van der Waals surface area contributed by atoms with Gasteiger partial charge in [0.2, 0.25) is 5.91 Å². The number of nitrogens with two attached hydrogens (primary N) is 1. The standard InChI is InChI=1S/C12H13BrCl2N2OS/c1-3-12(2,10(16)19)11(18)17-9-7(14)4-6(13)5-8(9)15/h4-5H,3H2,1-2H3,(H2,16,19)(H,17,18). The van der Waals surface area contributed by atoms with Crippen LogP contribution >= 0.6 is 51.3 Å². The fourth-order valence-electron chi connectivity index (χ4n) is 1.36. The van der Waals surface area contributed by atoms with Crippen molar-refractivity contribution >= 4 is 67.9 Å². The Bertz CT molecular complexity index is 515. The fraction of sp³-hybridized carbons (Fsp3) is 0.333. The van der Waals surface area contributed by atoms with Gasteiger partial charge >= 0.3 is 0 Å². The van der Waals surface area contributed by atoms with Gasteiger partial charge in [-0.3, -0.25) is 4.79 Å². The predicted octanol–water partition coefficient (Wildman–Crippen LogP) is 4.40. The molecule has 3 nitrogen and oxygen atoms in total. The zero-order chi connectivity index (χ0) is 14.8. The van der Waals surface area contributed by atoms with Gasteiger partial charge in [0.25, 0.3) is 0 Å². The lowest BCUT2D eigenvalue weighted by molar-refractivity contribution is -0.121. The molecule has 0 aliphatic rings. The van der Waals surface area contributed by atoms with Gasteiger partial charge in [0, 0.05) is 4.47 Å². The number of hydrogen-bond donors (Lipinski definition) is 2. The van der Waals surface area contributed by atoms with Crippen molar-refractivity contribution in [3.05, 3.63) is 26.7 Å². The number of amides is 1. The maximum atomic E-state index is 12.3. The van der Waals surface area contributed by atoms with Crippen LogP contribution in [-0.2, 0) is 4.79 Å². The summed E-state index contributed by atoms with van der Waals surface area (Å²) in [6.07, 6.45) is 0.486. The lowest BCUT2D eigenvalue weighted by Gasteiger charge is -2.26. The molecule has 3 N–H and O–H groups in total. The van der Waals surface area contributed by atoms with Gasteiger partial charge in [0.05, 0.1) is 26.1 Å². The normalized spacial score (nSPS) is 13.7. The Morgan fingerprint density at radius 2 is 1.95 bits per heavy atom. The largest absolute Gasteiger partial charge is 0.392 e. The minimum Gasteiger partial charge on any atom is -0.392 e. The van der Waals surface area contributed by atoms with Crippen molar-refractivity contribution in [1.82, 2.24) is 0 Å². The Morgan fingerprint density at radius 1 is 1.47 bits per heavy atom. The van der Waals surface area contributed by atoms with E-state index in [0.29, 0.717) is 22.2 Å². The second-order valence-corrected chi connectivity index (χ2v) is 6.42. The summed E-state index contributed by atoms with van der Waals surface area (Å²) in [4.78, 5) is 12.4. The third kappa shape index (κ3) is 3.60. The van der Waals surface area contributed by atoms with Gasteiger partial charge in [0.1, 0.15) is 0 Å². The molecule has 1 unspecified atom stereocenters. The van der Waals surface area contributed by atoms with Crippen LogP contribution in [0.4, 0.5) is 5.69 Å². The van der Waals surface area contributed by atoms with Crippen LogP contribution in [0, 0.1) is 5.41 Å². The zero-order valence-corrected chi connectivity index (χ0v) is 14.3. The Balaban J connectivity index is 3.10. The van der Waals surface area contributed by atoms with Crippen LogP contribution in [-0.4, -0.2) is 10.9 Å². The number of benzene rings is 1. The average Bonchev–Trinajstić information content (AvgIpc) is 2.31. The van der Waals surface area contributed by atoms with Gasteiger partial charge in [0.15, 0.2) is 0 Å². The Kier molecular flexibility index (Phi) is 5.62. The maximum absolute atomic E-state index is 12.3. The van der Waals surface area contributed by atoms with Gasteiger partial charge in [-0.05, 0) is 25.5 Å². The highest BCUT2D eigenvalue weighted by atomic mass is 79.9. The first-order valence-electron chi connectivity index (χ1n) is 5.48. The first-order valence-corrected chi connectivity index (χ1v) is 7.44. The third-order valence-electron chi connectivity index (χ3n) is 3.00. The molecule has 0 saturated carbocycles. The third-order valence-corrected chi connectivity index (χ3v) is 4.50. The molecule has 0 aliphatic heterocycles. The minimum atomic E-state index is -0.935. The molecule has 1 amide bonds. The maximum Gasteiger partial charge on any atom is 0.237 e. The zero-order valence-electron chi connectivity index (χ0n) is 10.4. The minimum absolute atomic E-state index is 0.136. The summed E-state index contributed by atoms with van der Waals surface area (Å²) >= 11 is 20.3. The average molecular weight is 384 g/mol. The second-order valence-electron chi connectivity index (χ2n) is 4.25. The molecule has 19 heavy (non-hydrogen) atoms. The van der Waals surface area contributed by atoms with Crippen molar-refractivity contribution in [2.75, 3.05) is 5.32 Å². The van der Waals surface area contributed by atoms with Crippen molar-refractivity contribution < 1.29 is 4.79 Å². The Labute approximate surface area is 136 Å². The number of anilines is 1. The quantitative estimate of drug-likeness (QED) is 0.757. The molecule has 1 aromatic carbocycles. The number of halogens is 3. The summed E-state index contributed by atoms with van der Waals surface area (Å²) in [5.74, 6) is -0.325. The smallest absolute Gasteiger partial charge is 0.237 e. The summed E-state index contributed by atoms with van der Waals surface area (Å²) in [6, 6.07) is 3.29. The van der Waals surface area contributed by atoms with E-state index < -0.39 is 5.41 Å². The molecule has 0 aliphatic carbocycles. The van der Waals surface area contributed by atoms with E-state index in [1.165, 1.54) is 0 Å². The van der Waals surface area contributed by atoms with Gasteiger partial charge in [-0.2, -0.15) is 0 Å². The van der Waals surface area contributed by atoms with E-state index in [1.54, 1.807) is 19.1 Å². The van der Waals surface area contributed by atoms with Crippen LogP contribution in [0.5, 0.6) is 0 Å². The molecule has 0 heterocycles. The van der Waals surface area contributed by atoms with E-state index in [1.807, 2.05) is 6.92 Å². The molecular formula is C12H13BrCl2N2OS. The Morgan fingerprint density at radius 3 is 2.32 bits per heavy atom. The molecule has 0 spiro atoms. The topological polar surface area (TPSA) is 55.1 Å². The summed E-state index contributed by atoms with van der Waals surface area (Å²) < 4.78 is 0.730. The van der Waals surface area contributed by atoms with Gasteiger partial charge in [-0.25, -0.2) is 0 Å². The van der Waals surface area contributed by atoms with Crippen LogP contribution in [0.3, 0.4) is 0 Å². The predicted molar refractivity (Wildman–Crippen MR) is 88.0 cm³/mol. The van der Waals surface area contributed by atoms with Crippen molar-refractivity contribution in [3.63, 3.8) is 0 Å². The van der Waals surface area contributed by atoms with Gasteiger partial charge in [-0.1, -0.05) is 58.3 Å². The lowest BCUT2D eigenvalue weighted by atomic mass is 9.86. The highest BCUT2D eigenvalue weighted by Crippen LogP contribution is 2.35. The fourth-order valence-corrected chi connectivity index (χ4v) is 2.90. The van der Waals surface area contributed by atoms with Gasteiger partial charge < -0.3 is 11.1 Å². The van der Waals surface area contributed by atoms with E-state index in [-0.39, 0.29) is 10.9 Å². The number of thiocarbonyl (C=S) groups is 1. The number of carbonyl (C=O) groups excluding carboxylic acids is 1. The van der Waals surface area contributed by atoms with Crippen molar-refractivity contribution in [3.8, 4) is 0 Å². The van der Waals surface area contributed by atoms with Crippen LogP contribution in [0.1, 0.15) is 20.3 Å². The van der Waals surface area contributed by atoms with Crippen molar-refractivity contribution in [2.45, 2.75) is 20.3 Å². The summed E-state index contributed by atoms with van der Waals surface area (Å²) in [7, 11) is 0. The molecule has 1 atom stereocenters. The summed E-state index contributed by atoms with van der Waals surface area (Å²) in [6.45, 7) is 3.52. The molecule has 0 bridgehead atoms. The molecule has 1 rings (SSSR count). The molecule has 0 radical (unpaired) electrons. The van der Waals surface area contributed by atoms with Crippen LogP contribution in [0.15, 0.2) is 16.6 Å². The van der Waals surface area contributed by atoms with E-state index in [9.17, 15) is 4.79 Å². The molecule has 1 aromatic rings. The number of hydrogen-bond acceptors (Lipinski definition) is 2. The number of nitrogens with one attached hydrogen (secondary N) is 1. The van der Waals surface area contributed by atoms with Gasteiger partial charge in [-0.15, -0.1) is 0 Å². The SMILES string of the molecule is CCC(C)(C(=O)Nc1c(Cl)cc(Br)cc1Cl)C(N)=S. The highest BCUT2D eigenvalue weighted by molar-refractivity contribution is 9.10. The molecule has 0 fully saturated rings. The summed E-state index contributed by atoms with van der Waals surface area (Å²) in [5.41, 5.74) is 5.05. The first kappa shape index (κ1) is 16.7. The van der Waals surface area contributed by atoms with E-state index >= 15 is 0 Å². The Hall–Kier alpha value is -0.360. The molecule has 0 aromatic heterocycles. The van der Waals surface area contributed by atoms with Crippen LogP contribution in [0.25, 0.3) is 0 Å². The van der Waals surface area contributed by atoms with E-state index in [4.69, 9.17) is 41.2 Å². The molecule has 7 heteroatoms. The molecular weight excluding hydrogens is 371 g/mol. The monoisotopic (exact) mass is 382 g/mol. The molecule has 0 saturated heterocycles. The van der Waals surface area contributed by atoms with Crippen LogP contribution in [0.2, 0.25) is 10.0 Å². The van der Waals surface area contributed by atoms with E-state index in [2.05, 4.69) is 21.2 Å². The number of rotatable bonds is 4. The van der Waals surface area contributed by atoms with Crippen molar-refractivity contribution in [2.24, 2.45) is 11.1 Å². The van der Waals surface area contributed by atoms with E-state index in [0.717, 1.165) is 4.47 Å². The first-order chi connectivity index (χ1) is 8.72. The summed E-state index contributed by atoms with van der Waals surface area (Å²) in [5, 5.41) is 3.37. The highest BCUT2D eigenvalue weighted by Gasteiger charge is 2.35. The lowest BCUT2D eigenvalue weighted by Crippen LogP contribution is -2.43. The number of carbonyl (C=O) groups is 1.